The second-order valence-corrected chi connectivity index (χ2v) is 8.12. The average Bonchev–Trinajstić information content (AvgIpc) is 2.56. The number of benzene rings is 2. The highest BCUT2D eigenvalue weighted by Crippen LogP contribution is 2.22. The van der Waals surface area contributed by atoms with Gasteiger partial charge in [-0.2, -0.15) is 0 Å². The molecular formula is C22H30N2O2. The molecule has 0 saturated heterocycles. The highest BCUT2D eigenvalue weighted by molar-refractivity contribution is 5.90. The number of aliphatic hydroxyl groups excluding tert-OH is 1. The third-order valence-corrected chi connectivity index (χ3v) is 4.15. The summed E-state index contributed by atoms with van der Waals surface area (Å²) in [7, 11) is 0. The summed E-state index contributed by atoms with van der Waals surface area (Å²) < 4.78 is 0. The second-order valence-electron chi connectivity index (χ2n) is 8.12. The van der Waals surface area contributed by atoms with Crippen molar-refractivity contribution in [1.82, 2.24) is 4.90 Å². The van der Waals surface area contributed by atoms with Gasteiger partial charge >= 0.3 is 6.03 Å². The van der Waals surface area contributed by atoms with Gasteiger partial charge < -0.3 is 15.3 Å². The molecule has 1 atom stereocenters. The highest BCUT2D eigenvalue weighted by Gasteiger charge is 2.24. The molecule has 4 heteroatoms. The Morgan fingerprint density at radius 2 is 1.77 bits per heavy atom. The van der Waals surface area contributed by atoms with Crippen LogP contribution in [0.25, 0.3) is 0 Å². The first-order chi connectivity index (χ1) is 12.2. The van der Waals surface area contributed by atoms with Gasteiger partial charge in [0.25, 0.3) is 0 Å². The lowest BCUT2D eigenvalue weighted by atomic mass is 9.95. The number of hydrogen-bond donors (Lipinski definition) is 2. The van der Waals surface area contributed by atoms with Gasteiger partial charge in [-0.15, -0.1) is 0 Å². The molecule has 2 aromatic rings. The van der Waals surface area contributed by atoms with Gasteiger partial charge in [0.1, 0.15) is 0 Å². The molecule has 2 N–H and O–H groups in total. The Kier molecular flexibility index (Phi) is 6.43. The number of aliphatic hydroxyl groups is 1. The van der Waals surface area contributed by atoms with Crippen molar-refractivity contribution in [3.63, 3.8) is 0 Å². The number of nitrogens with one attached hydrogen (secondary N) is 1. The summed E-state index contributed by atoms with van der Waals surface area (Å²) in [6.07, 6.45) is -0.719. The van der Waals surface area contributed by atoms with E-state index in [-0.39, 0.29) is 18.0 Å². The Morgan fingerprint density at radius 3 is 2.35 bits per heavy atom. The summed E-state index contributed by atoms with van der Waals surface area (Å²) in [6.45, 7) is 11.1. The first-order valence-corrected chi connectivity index (χ1v) is 9.02. The second kappa shape index (κ2) is 8.37. The molecular weight excluding hydrogens is 324 g/mol. The van der Waals surface area contributed by atoms with Crippen LogP contribution in [0.4, 0.5) is 10.5 Å². The molecule has 0 aliphatic carbocycles. The average molecular weight is 354 g/mol. The molecule has 2 aromatic carbocycles. The minimum atomic E-state index is -0.719. The van der Waals surface area contributed by atoms with E-state index >= 15 is 0 Å². The quantitative estimate of drug-likeness (QED) is 0.801. The third-order valence-electron chi connectivity index (χ3n) is 4.15. The van der Waals surface area contributed by atoms with Gasteiger partial charge in [-0.05, 0) is 36.5 Å². The van der Waals surface area contributed by atoms with E-state index in [2.05, 4.69) is 26.1 Å². The molecule has 0 aliphatic heterocycles. The molecule has 2 amide bonds. The van der Waals surface area contributed by atoms with Gasteiger partial charge in [-0.3, -0.25) is 0 Å². The summed E-state index contributed by atoms with van der Waals surface area (Å²) in [5.41, 5.74) is 3.72. The molecule has 0 bridgehead atoms. The van der Waals surface area contributed by atoms with Crippen molar-refractivity contribution >= 4 is 11.7 Å². The van der Waals surface area contributed by atoms with E-state index in [0.717, 1.165) is 22.4 Å². The lowest BCUT2D eigenvalue weighted by Gasteiger charge is -2.32. The summed E-state index contributed by atoms with van der Waals surface area (Å²) in [5, 5.41) is 13.6. The Morgan fingerprint density at radius 1 is 1.12 bits per heavy atom. The van der Waals surface area contributed by atoms with Crippen molar-refractivity contribution in [3.8, 4) is 0 Å². The lowest BCUT2D eigenvalue weighted by Crippen LogP contribution is -2.42. The lowest BCUT2D eigenvalue weighted by molar-refractivity contribution is 0.110. The molecule has 2 rings (SSSR count). The van der Waals surface area contributed by atoms with Crippen LogP contribution >= 0.6 is 0 Å². The number of hydrogen-bond acceptors (Lipinski definition) is 2. The molecule has 0 aliphatic rings. The van der Waals surface area contributed by atoms with Gasteiger partial charge in [-0.25, -0.2) is 4.79 Å². The molecule has 0 aromatic heterocycles. The van der Waals surface area contributed by atoms with Crippen LogP contribution in [0.1, 0.15) is 43.6 Å². The van der Waals surface area contributed by atoms with Crippen LogP contribution in [0, 0.1) is 19.3 Å². The van der Waals surface area contributed by atoms with E-state index in [1.807, 2.05) is 62.4 Å². The van der Waals surface area contributed by atoms with Crippen LogP contribution < -0.4 is 5.32 Å². The van der Waals surface area contributed by atoms with E-state index in [9.17, 15) is 9.90 Å². The van der Waals surface area contributed by atoms with E-state index in [1.165, 1.54) is 0 Å². The van der Waals surface area contributed by atoms with Crippen LogP contribution in [-0.2, 0) is 0 Å². The van der Waals surface area contributed by atoms with Gasteiger partial charge in [0, 0.05) is 12.2 Å². The van der Waals surface area contributed by atoms with Crippen LogP contribution in [0.3, 0.4) is 0 Å². The van der Waals surface area contributed by atoms with Crippen LogP contribution in [0.5, 0.6) is 0 Å². The zero-order chi connectivity index (χ0) is 19.3. The number of nitrogens with zero attached hydrogens (tertiary/aromatic N) is 1. The largest absolute Gasteiger partial charge is 0.387 e. The van der Waals surface area contributed by atoms with Gasteiger partial charge in [0.2, 0.25) is 0 Å². The van der Waals surface area contributed by atoms with Gasteiger partial charge in [-0.1, -0.05) is 68.8 Å². The van der Waals surface area contributed by atoms with Crippen molar-refractivity contribution in [2.24, 2.45) is 5.41 Å². The number of carbonyl (C=O) groups excluding carboxylic acids is 1. The van der Waals surface area contributed by atoms with E-state index < -0.39 is 6.10 Å². The predicted octanol–water partition coefficient (Wildman–Crippen LogP) is 4.92. The summed E-state index contributed by atoms with van der Waals surface area (Å²) in [6, 6.07) is 15.2. The fourth-order valence-corrected chi connectivity index (χ4v) is 2.93. The maximum atomic E-state index is 12.9. The van der Waals surface area contributed by atoms with Crippen molar-refractivity contribution < 1.29 is 9.90 Å². The smallest absolute Gasteiger partial charge is 0.321 e. The molecule has 0 fully saturated rings. The standard InChI is InChI=1S/C22H30N2O2/c1-16-11-12-19(17(2)13-16)23-21(26)24(15-22(3,4)5)14-20(25)18-9-7-6-8-10-18/h6-13,20,25H,14-15H2,1-5H3,(H,23,26). The Bertz CT molecular complexity index is 736. The fourth-order valence-electron chi connectivity index (χ4n) is 2.93. The van der Waals surface area contributed by atoms with E-state index in [1.54, 1.807) is 4.90 Å². The predicted molar refractivity (Wildman–Crippen MR) is 107 cm³/mol. The summed E-state index contributed by atoms with van der Waals surface area (Å²) in [4.78, 5) is 14.6. The maximum Gasteiger partial charge on any atom is 0.321 e. The monoisotopic (exact) mass is 354 g/mol. The number of anilines is 1. The molecule has 0 radical (unpaired) electrons. The molecule has 1 unspecified atom stereocenters. The van der Waals surface area contributed by atoms with Crippen molar-refractivity contribution in [2.45, 2.75) is 40.7 Å². The van der Waals surface area contributed by atoms with Gasteiger partial charge in [0.05, 0.1) is 12.6 Å². The Labute approximate surface area is 156 Å². The maximum absolute atomic E-state index is 12.9. The van der Waals surface area contributed by atoms with E-state index in [4.69, 9.17) is 0 Å². The molecule has 0 spiro atoms. The fraction of sp³-hybridized carbons (Fsp3) is 0.409. The Hall–Kier alpha value is -2.33. The minimum absolute atomic E-state index is 0.0733. The molecule has 0 heterocycles. The Balaban J connectivity index is 2.16. The third kappa shape index (κ3) is 5.88. The normalized spacial score (nSPS) is 12.5. The highest BCUT2D eigenvalue weighted by atomic mass is 16.3. The van der Waals surface area contributed by atoms with Crippen LogP contribution in [-0.4, -0.2) is 29.1 Å². The zero-order valence-electron chi connectivity index (χ0n) is 16.4. The number of rotatable bonds is 5. The zero-order valence-corrected chi connectivity index (χ0v) is 16.4. The van der Waals surface area contributed by atoms with Crippen LogP contribution in [0.2, 0.25) is 0 Å². The molecule has 4 nitrogen and oxygen atoms in total. The first-order valence-electron chi connectivity index (χ1n) is 9.02. The number of urea groups is 1. The topological polar surface area (TPSA) is 52.6 Å². The number of amides is 2. The van der Waals surface area contributed by atoms with Gasteiger partial charge in [0.15, 0.2) is 0 Å². The van der Waals surface area contributed by atoms with Crippen molar-refractivity contribution in [2.75, 3.05) is 18.4 Å². The summed E-state index contributed by atoms with van der Waals surface area (Å²) >= 11 is 0. The van der Waals surface area contributed by atoms with Crippen molar-refractivity contribution in [1.29, 1.82) is 0 Å². The molecule has 0 saturated carbocycles. The molecule has 140 valence electrons. The van der Waals surface area contributed by atoms with Crippen LogP contribution in [0.15, 0.2) is 48.5 Å². The first kappa shape index (κ1) is 20.0. The minimum Gasteiger partial charge on any atom is -0.387 e. The SMILES string of the molecule is Cc1ccc(NC(=O)N(CC(O)c2ccccc2)CC(C)(C)C)c(C)c1. The summed E-state index contributed by atoms with van der Waals surface area (Å²) in [5.74, 6) is 0. The number of aryl methyl sites for hydroxylation is 2. The molecule has 26 heavy (non-hydrogen) atoms. The van der Waals surface area contributed by atoms with E-state index in [0.29, 0.717) is 6.54 Å². The van der Waals surface area contributed by atoms with Crippen molar-refractivity contribution in [3.05, 3.63) is 65.2 Å². The number of carbonyl (C=O) groups is 1.